The van der Waals surface area contributed by atoms with Crippen molar-refractivity contribution < 1.29 is 0 Å². The molecule has 0 unspecified atom stereocenters. The lowest BCUT2D eigenvalue weighted by Gasteiger charge is -2.07. The molecule has 0 bridgehead atoms. The minimum absolute atomic E-state index is 0.399. The average Bonchev–Trinajstić information content (AvgIpc) is 3.10. The predicted molar refractivity (Wildman–Crippen MR) is 124 cm³/mol. The van der Waals surface area contributed by atoms with Crippen LogP contribution in [0.2, 0.25) is 0 Å². The van der Waals surface area contributed by atoms with E-state index in [0.29, 0.717) is 15.5 Å². The van der Waals surface area contributed by atoms with Gasteiger partial charge in [-0.2, -0.15) is 5.26 Å². The number of nitriles is 1. The summed E-state index contributed by atoms with van der Waals surface area (Å²) in [5.74, 6) is 0.399. The molecule has 0 atom stereocenters. The zero-order chi connectivity index (χ0) is 20.9. The average molecular weight is 409 g/mol. The molecular formula is C25H20N4S. The zero-order valence-electron chi connectivity index (χ0n) is 16.5. The van der Waals surface area contributed by atoms with Crippen LogP contribution in [-0.4, -0.2) is 4.57 Å². The SMILES string of the molecule is Cc1ccc(/C(=C\c2ccccc2)N=c2sc(C#N)c(N)n2-c2ccccc2)cc1. The van der Waals surface area contributed by atoms with E-state index in [1.807, 2.05) is 71.3 Å². The van der Waals surface area contributed by atoms with Crippen molar-refractivity contribution in [3.63, 3.8) is 0 Å². The largest absolute Gasteiger partial charge is 0.383 e. The molecule has 0 radical (unpaired) electrons. The van der Waals surface area contributed by atoms with Gasteiger partial charge in [0, 0.05) is 11.3 Å². The Hall–Kier alpha value is -3.88. The number of benzene rings is 3. The van der Waals surface area contributed by atoms with Crippen molar-refractivity contribution >= 4 is 28.9 Å². The minimum Gasteiger partial charge on any atom is -0.383 e. The number of thiazole rings is 1. The maximum absolute atomic E-state index is 9.53. The number of nitrogens with zero attached hydrogens (tertiary/aromatic N) is 3. The number of hydrogen-bond acceptors (Lipinski definition) is 4. The van der Waals surface area contributed by atoms with Gasteiger partial charge in [-0.1, -0.05) is 89.7 Å². The first-order valence-electron chi connectivity index (χ1n) is 9.51. The molecule has 2 N–H and O–H groups in total. The molecule has 0 saturated carbocycles. The molecule has 30 heavy (non-hydrogen) atoms. The second-order valence-corrected chi connectivity index (χ2v) is 7.78. The van der Waals surface area contributed by atoms with Crippen molar-refractivity contribution in [3.8, 4) is 11.8 Å². The van der Waals surface area contributed by atoms with Crippen molar-refractivity contribution in [2.75, 3.05) is 5.73 Å². The third-order valence-corrected chi connectivity index (χ3v) is 5.60. The summed E-state index contributed by atoms with van der Waals surface area (Å²) in [4.78, 5) is 6.07. The molecule has 5 heteroatoms. The highest BCUT2D eigenvalue weighted by Gasteiger charge is 2.13. The molecule has 3 aromatic carbocycles. The summed E-state index contributed by atoms with van der Waals surface area (Å²) in [6.45, 7) is 2.06. The lowest BCUT2D eigenvalue weighted by Crippen LogP contribution is -2.15. The van der Waals surface area contributed by atoms with Gasteiger partial charge in [-0.3, -0.25) is 4.57 Å². The summed E-state index contributed by atoms with van der Waals surface area (Å²) in [6.07, 6.45) is 2.04. The normalized spacial score (nSPS) is 12.0. The van der Waals surface area contributed by atoms with E-state index >= 15 is 0 Å². The number of anilines is 1. The summed E-state index contributed by atoms with van der Waals surface area (Å²) in [5, 5.41) is 9.53. The molecule has 1 aromatic heterocycles. The Balaban J connectivity index is 1.96. The lowest BCUT2D eigenvalue weighted by atomic mass is 10.1. The first-order chi connectivity index (χ1) is 14.7. The minimum atomic E-state index is 0.399. The number of aryl methyl sites for hydroxylation is 1. The van der Waals surface area contributed by atoms with Gasteiger partial charge in [-0.25, -0.2) is 4.99 Å². The Kier molecular flexibility index (Phi) is 5.60. The highest BCUT2D eigenvalue weighted by molar-refractivity contribution is 7.10. The van der Waals surface area contributed by atoms with E-state index in [0.717, 1.165) is 22.5 Å². The molecule has 146 valence electrons. The van der Waals surface area contributed by atoms with E-state index < -0.39 is 0 Å². The third kappa shape index (κ3) is 4.09. The van der Waals surface area contributed by atoms with E-state index in [4.69, 9.17) is 10.7 Å². The zero-order valence-corrected chi connectivity index (χ0v) is 17.3. The van der Waals surface area contributed by atoms with Gasteiger partial charge in [0.15, 0.2) is 4.80 Å². The van der Waals surface area contributed by atoms with Crippen LogP contribution in [0.25, 0.3) is 17.5 Å². The monoisotopic (exact) mass is 408 g/mol. The fourth-order valence-electron chi connectivity index (χ4n) is 3.09. The molecular weight excluding hydrogens is 388 g/mol. The van der Waals surface area contributed by atoms with Crippen molar-refractivity contribution in [2.24, 2.45) is 4.99 Å². The van der Waals surface area contributed by atoms with Gasteiger partial charge >= 0.3 is 0 Å². The van der Waals surface area contributed by atoms with Gasteiger partial charge in [0.25, 0.3) is 0 Å². The maximum Gasteiger partial charge on any atom is 0.197 e. The summed E-state index contributed by atoms with van der Waals surface area (Å²) < 4.78 is 1.83. The Morgan fingerprint density at radius 2 is 1.60 bits per heavy atom. The standard InChI is InChI=1S/C25H20N4S/c1-18-12-14-20(15-13-18)22(16-19-8-4-2-5-9-19)28-25-29(21-10-6-3-7-11-21)24(27)23(17-26)30-25/h2-16H,27H2,1H3/b22-16+,28-25?. The molecule has 0 saturated heterocycles. The van der Waals surface area contributed by atoms with E-state index in [1.165, 1.54) is 16.9 Å². The summed E-state index contributed by atoms with van der Waals surface area (Å²) in [5.41, 5.74) is 11.2. The van der Waals surface area contributed by atoms with Crippen molar-refractivity contribution in [3.05, 3.63) is 111 Å². The Bertz CT molecular complexity index is 1290. The number of rotatable bonds is 4. The van der Waals surface area contributed by atoms with Gasteiger partial charge in [0.2, 0.25) is 0 Å². The van der Waals surface area contributed by atoms with E-state index in [2.05, 4.69) is 37.3 Å². The number of nitrogen functional groups attached to an aromatic ring is 1. The number of para-hydroxylation sites is 1. The second kappa shape index (κ2) is 8.64. The Labute approximate surface area is 179 Å². The fraction of sp³-hybridized carbons (Fsp3) is 0.0400. The van der Waals surface area contributed by atoms with Gasteiger partial charge in [-0.15, -0.1) is 0 Å². The first-order valence-corrected chi connectivity index (χ1v) is 10.3. The molecule has 1 heterocycles. The predicted octanol–water partition coefficient (Wildman–Crippen LogP) is 5.40. The van der Waals surface area contributed by atoms with Crippen molar-refractivity contribution in [1.29, 1.82) is 5.26 Å². The molecule has 4 rings (SSSR count). The van der Waals surface area contributed by atoms with Gasteiger partial charge in [0.05, 0.1) is 5.70 Å². The molecule has 0 amide bonds. The molecule has 0 aliphatic rings. The molecule has 0 spiro atoms. The molecule has 0 fully saturated rings. The molecule has 4 aromatic rings. The van der Waals surface area contributed by atoms with E-state index in [1.54, 1.807) is 0 Å². The highest BCUT2D eigenvalue weighted by atomic mass is 32.1. The van der Waals surface area contributed by atoms with E-state index in [9.17, 15) is 5.26 Å². The lowest BCUT2D eigenvalue weighted by molar-refractivity contribution is 1.02. The number of hydrogen-bond donors (Lipinski definition) is 1. The smallest absolute Gasteiger partial charge is 0.197 e. The molecule has 0 aliphatic carbocycles. The topological polar surface area (TPSA) is 67.1 Å². The van der Waals surface area contributed by atoms with Crippen LogP contribution in [0.1, 0.15) is 21.6 Å². The van der Waals surface area contributed by atoms with Crippen LogP contribution in [0.3, 0.4) is 0 Å². The van der Waals surface area contributed by atoms with Crippen LogP contribution < -0.4 is 10.5 Å². The number of nitrogens with two attached hydrogens (primary N) is 1. The van der Waals surface area contributed by atoms with Crippen LogP contribution in [0.5, 0.6) is 0 Å². The quantitative estimate of drug-likeness (QED) is 0.459. The Morgan fingerprint density at radius 3 is 2.23 bits per heavy atom. The Morgan fingerprint density at radius 1 is 0.967 bits per heavy atom. The van der Waals surface area contributed by atoms with Crippen LogP contribution in [0.15, 0.2) is 89.9 Å². The summed E-state index contributed by atoms with van der Waals surface area (Å²) >= 11 is 1.29. The van der Waals surface area contributed by atoms with Crippen LogP contribution in [-0.2, 0) is 0 Å². The number of aromatic nitrogens is 1. The third-order valence-electron chi connectivity index (χ3n) is 4.64. The van der Waals surface area contributed by atoms with Crippen LogP contribution in [0, 0.1) is 18.3 Å². The summed E-state index contributed by atoms with van der Waals surface area (Å²) in [7, 11) is 0. The summed E-state index contributed by atoms with van der Waals surface area (Å²) in [6, 6.07) is 30.2. The molecule has 0 aliphatic heterocycles. The first kappa shape index (κ1) is 19.4. The van der Waals surface area contributed by atoms with E-state index in [-0.39, 0.29) is 0 Å². The van der Waals surface area contributed by atoms with Crippen molar-refractivity contribution in [2.45, 2.75) is 6.92 Å². The van der Waals surface area contributed by atoms with Crippen molar-refractivity contribution in [1.82, 2.24) is 4.57 Å². The molecule has 4 nitrogen and oxygen atoms in total. The van der Waals surface area contributed by atoms with Crippen LogP contribution in [0.4, 0.5) is 5.82 Å². The fourth-order valence-corrected chi connectivity index (χ4v) is 3.95. The maximum atomic E-state index is 9.53. The van der Waals surface area contributed by atoms with Gasteiger partial charge < -0.3 is 5.73 Å². The van der Waals surface area contributed by atoms with Gasteiger partial charge in [-0.05, 0) is 30.7 Å². The van der Waals surface area contributed by atoms with Crippen LogP contribution >= 0.6 is 11.3 Å². The second-order valence-electron chi connectivity index (χ2n) is 6.80. The highest BCUT2D eigenvalue weighted by Crippen LogP contribution is 2.23. The van der Waals surface area contributed by atoms with Gasteiger partial charge in [0.1, 0.15) is 16.8 Å².